The van der Waals surface area contributed by atoms with Crippen LogP contribution in [0, 0.1) is 11.7 Å². The molecule has 0 saturated carbocycles. The molecule has 4 aromatic rings. The third kappa shape index (κ3) is 5.78. The number of thiophene rings is 1. The number of benzene rings is 1. The minimum absolute atomic E-state index is 0.124. The molecular formula is C28H29FN4O2S. The summed E-state index contributed by atoms with van der Waals surface area (Å²) in [5.74, 6) is 0.720. The van der Waals surface area contributed by atoms with Gasteiger partial charge in [0.25, 0.3) is 0 Å². The fourth-order valence-electron chi connectivity index (χ4n) is 4.18. The van der Waals surface area contributed by atoms with E-state index in [4.69, 9.17) is 4.74 Å². The number of nitrogens with one attached hydrogen (secondary N) is 2. The molecule has 2 N–H and O–H groups in total. The molecule has 1 aliphatic heterocycles. The van der Waals surface area contributed by atoms with Gasteiger partial charge in [-0.2, -0.15) is 0 Å². The van der Waals surface area contributed by atoms with Gasteiger partial charge >= 0.3 is 0 Å². The summed E-state index contributed by atoms with van der Waals surface area (Å²) in [6.07, 6.45) is 5.41. The van der Waals surface area contributed by atoms with Gasteiger partial charge in [-0.05, 0) is 67.4 Å². The summed E-state index contributed by atoms with van der Waals surface area (Å²) in [6.45, 7) is 5.69. The number of fused-ring (bicyclic) bond motifs is 1. The van der Waals surface area contributed by atoms with Crippen LogP contribution in [0.3, 0.4) is 0 Å². The predicted octanol–water partition coefficient (Wildman–Crippen LogP) is 5.51. The molecule has 1 fully saturated rings. The van der Waals surface area contributed by atoms with Crippen LogP contribution in [0.5, 0.6) is 11.5 Å². The van der Waals surface area contributed by atoms with Gasteiger partial charge in [-0.15, -0.1) is 11.3 Å². The van der Waals surface area contributed by atoms with Crippen molar-refractivity contribution < 1.29 is 13.9 Å². The molecule has 0 aliphatic carbocycles. The number of carbonyl (C=O) groups is 1. The normalized spacial score (nSPS) is 13.6. The Kier molecular flexibility index (Phi) is 7.65. The van der Waals surface area contributed by atoms with Gasteiger partial charge in [0.1, 0.15) is 11.5 Å². The second-order valence-corrected chi connectivity index (χ2v) is 10.2. The smallest absolute Gasteiger partial charge is 0.166 e. The number of hydrogen-bond donors (Lipinski definition) is 2. The van der Waals surface area contributed by atoms with Crippen molar-refractivity contribution in [1.82, 2.24) is 20.6 Å². The van der Waals surface area contributed by atoms with E-state index in [1.54, 1.807) is 24.4 Å². The fraction of sp³-hybridized carbons (Fsp3) is 0.321. The average Bonchev–Trinajstić information content (AvgIpc) is 3.29. The number of ether oxygens (including phenoxy) is 1. The molecule has 186 valence electrons. The molecule has 0 spiro atoms. The Morgan fingerprint density at radius 1 is 1.14 bits per heavy atom. The first-order valence-corrected chi connectivity index (χ1v) is 13.1. The lowest BCUT2D eigenvalue weighted by Crippen LogP contribution is -2.43. The minimum Gasteiger partial charge on any atom is -0.453 e. The molecule has 0 atom stereocenters. The Balaban J connectivity index is 1.30. The van der Waals surface area contributed by atoms with E-state index in [1.807, 2.05) is 18.3 Å². The van der Waals surface area contributed by atoms with Gasteiger partial charge in [-0.3, -0.25) is 14.8 Å². The van der Waals surface area contributed by atoms with Crippen LogP contribution in [-0.4, -0.2) is 35.4 Å². The summed E-state index contributed by atoms with van der Waals surface area (Å²) in [6, 6.07) is 12.5. The summed E-state index contributed by atoms with van der Waals surface area (Å²) in [4.78, 5) is 22.3. The van der Waals surface area contributed by atoms with E-state index in [2.05, 4.69) is 33.6 Å². The zero-order chi connectivity index (χ0) is 24.9. The van der Waals surface area contributed by atoms with Gasteiger partial charge in [0.15, 0.2) is 11.6 Å². The number of ketones is 1. The van der Waals surface area contributed by atoms with Crippen molar-refractivity contribution in [3.63, 3.8) is 0 Å². The van der Waals surface area contributed by atoms with Crippen LogP contribution in [0.15, 0.2) is 54.9 Å². The van der Waals surface area contributed by atoms with Crippen molar-refractivity contribution in [3.8, 4) is 22.1 Å². The molecule has 5 rings (SSSR count). The van der Waals surface area contributed by atoms with Crippen molar-refractivity contribution >= 4 is 27.3 Å². The molecule has 4 heterocycles. The Hall–Kier alpha value is -3.20. The number of halogens is 1. The van der Waals surface area contributed by atoms with Crippen molar-refractivity contribution in [2.45, 2.75) is 32.7 Å². The predicted molar refractivity (Wildman–Crippen MR) is 141 cm³/mol. The summed E-state index contributed by atoms with van der Waals surface area (Å²) >= 11 is 1.52. The molecule has 1 aromatic carbocycles. The van der Waals surface area contributed by atoms with E-state index in [0.29, 0.717) is 23.7 Å². The zero-order valence-electron chi connectivity index (χ0n) is 20.2. The molecule has 8 heteroatoms. The first kappa shape index (κ1) is 24.5. The topological polar surface area (TPSA) is 76.1 Å². The third-order valence-corrected chi connectivity index (χ3v) is 7.37. The second kappa shape index (κ2) is 11.2. The number of carbonyl (C=O) groups excluding carboxylic acids is 1. The molecule has 1 aliphatic rings. The number of rotatable bonds is 11. The number of aromatic nitrogens is 2. The molecule has 36 heavy (non-hydrogen) atoms. The van der Waals surface area contributed by atoms with Gasteiger partial charge in [0.05, 0.1) is 20.8 Å². The molecule has 1 saturated heterocycles. The van der Waals surface area contributed by atoms with E-state index < -0.39 is 5.82 Å². The maximum Gasteiger partial charge on any atom is 0.166 e. The van der Waals surface area contributed by atoms with Gasteiger partial charge in [0.2, 0.25) is 0 Å². The van der Waals surface area contributed by atoms with E-state index in [-0.39, 0.29) is 18.0 Å². The second-order valence-electron chi connectivity index (χ2n) is 9.17. The molecule has 0 bridgehead atoms. The Bertz CT molecular complexity index is 1350. The van der Waals surface area contributed by atoms with Gasteiger partial charge in [-0.25, -0.2) is 4.39 Å². The summed E-state index contributed by atoms with van der Waals surface area (Å²) in [5, 5.41) is 6.54. The lowest BCUT2D eigenvalue weighted by atomic mass is 9.94. The molecule has 0 radical (unpaired) electrons. The molecule has 0 amide bonds. The van der Waals surface area contributed by atoms with Crippen LogP contribution in [-0.2, 0) is 17.8 Å². The Labute approximate surface area is 213 Å². The van der Waals surface area contributed by atoms with Gasteiger partial charge in [0, 0.05) is 37.8 Å². The SMILES string of the molecule is CCCNCc1ccc(-c2cc3nccc(Oc4ccc(CC(=O)CC5CNC5)cc4F)c3s2)nc1. The monoisotopic (exact) mass is 504 g/mol. The highest BCUT2D eigenvalue weighted by molar-refractivity contribution is 7.22. The molecule has 0 unspecified atom stereocenters. The van der Waals surface area contributed by atoms with Crippen LogP contribution < -0.4 is 15.4 Å². The summed E-state index contributed by atoms with van der Waals surface area (Å²) in [5.41, 5.74) is 3.43. The number of nitrogens with zero attached hydrogens (tertiary/aromatic N) is 2. The largest absolute Gasteiger partial charge is 0.453 e. The maximum atomic E-state index is 14.9. The summed E-state index contributed by atoms with van der Waals surface area (Å²) in [7, 11) is 0. The first-order chi connectivity index (χ1) is 17.6. The zero-order valence-corrected chi connectivity index (χ0v) is 21.0. The number of Topliss-reactive ketones (excluding diaryl/α,β-unsaturated/α-hetero) is 1. The van der Waals surface area contributed by atoms with Crippen molar-refractivity contribution in [2.75, 3.05) is 19.6 Å². The first-order valence-electron chi connectivity index (χ1n) is 12.3. The standard InChI is InChI=1S/C28H29FN4O2S/c1-2-8-30-14-19-3-5-23(33-17-19)27-13-24-28(36-27)26(7-9-32-24)35-25-6-4-18(12-22(25)29)10-21(34)11-20-15-31-16-20/h3-7,9,12-13,17,20,30-31H,2,8,10-11,14-16H2,1H3. The van der Waals surface area contributed by atoms with E-state index in [9.17, 15) is 9.18 Å². The van der Waals surface area contributed by atoms with Crippen molar-refractivity contribution in [2.24, 2.45) is 5.92 Å². The van der Waals surface area contributed by atoms with Crippen molar-refractivity contribution in [1.29, 1.82) is 0 Å². The highest BCUT2D eigenvalue weighted by Crippen LogP contribution is 2.39. The van der Waals surface area contributed by atoms with Gasteiger partial charge < -0.3 is 15.4 Å². The van der Waals surface area contributed by atoms with Gasteiger partial charge in [-0.1, -0.05) is 19.1 Å². The van der Waals surface area contributed by atoms with E-state index in [1.165, 1.54) is 17.4 Å². The van der Waals surface area contributed by atoms with Crippen molar-refractivity contribution in [3.05, 3.63) is 71.8 Å². The van der Waals surface area contributed by atoms with Crippen LogP contribution in [0.4, 0.5) is 4.39 Å². The highest BCUT2D eigenvalue weighted by Gasteiger charge is 2.20. The molecule has 6 nitrogen and oxygen atoms in total. The van der Waals surface area contributed by atoms with Crippen LogP contribution in [0.1, 0.15) is 30.9 Å². The molecular weight excluding hydrogens is 475 g/mol. The van der Waals surface area contributed by atoms with E-state index in [0.717, 1.165) is 59.0 Å². The number of hydrogen-bond acceptors (Lipinski definition) is 7. The van der Waals surface area contributed by atoms with E-state index >= 15 is 0 Å². The Morgan fingerprint density at radius 2 is 2.00 bits per heavy atom. The Morgan fingerprint density at radius 3 is 2.72 bits per heavy atom. The van der Waals surface area contributed by atoms with Crippen LogP contribution >= 0.6 is 11.3 Å². The maximum absolute atomic E-state index is 14.9. The van der Waals surface area contributed by atoms with Crippen LogP contribution in [0.25, 0.3) is 20.8 Å². The lowest BCUT2D eigenvalue weighted by Gasteiger charge is -2.26. The summed E-state index contributed by atoms with van der Waals surface area (Å²) < 4.78 is 21.7. The van der Waals surface area contributed by atoms with Crippen LogP contribution in [0.2, 0.25) is 0 Å². The molecule has 3 aromatic heterocycles. The lowest BCUT2D eigenvalue weighted by molar-refractivity contribution is -0.119. The minimum atomic E-state index is -0.485. The fourth-order valence-corrected chi connectivity index (χ4v) is 5.22. The average molecular weight is 505 g/mol. The quantitative estimate of drug-likeness (QED) is 0.262. The highest BCUT2D eigenvalue weighted by atomic mass is 32.1. The third-order valence-electron chi connectivity index (χ3n) is 6.21. The number of pyridine rings is 2.